The van der Waals surface area contributed by atoms with Crippen LogP contribution in [-0.4, -0.2) is 38.9 Å². The molecule has 2 rings (SSSR count). The topological polar surface area (TPSA) is 68.3 Å². The van der Waals surface area contributed by atoms with Gasteiger partial charge in [0.15, 0.2) is 9.84 Å². The summed E-state index contributed by atoms with van der Waals surface area (Å²) in [4.78, 5) is 4.37. The molecule has 2 heterocycles. The summed E-state index contributed by atoms with van der Waals surface area (Å²) in [6.45, 7) is 3.52. The highest BCUT2D eigenvalue weighted by molar-refractivity contribution is 7.90. The number of anilines is 1. The molecule has 1 aliphatic rings. The molecule has 0 spiro atoms. The molecule has 0 bridgehead atoms. The van der Waals surface area contributed by atoms with E-state index in [2.05, 4.69) is 10.3 Å². The Morgan fingerprint density at radius 2 is 2.33 bits per heavy atom. The van der Waals surface area contributed by atoms with Crippen molar-refractivity contribution in [3.8, 4) is 0 Å². The van der Waals surface area contributed by atoms with E-state index in [1.165, 1.54) is 6.26 Å². The number of nitrogens with zero attached hydrogens (tertiary/aromatic N) is 1. The average Bonchev–Trinajstić information content (AvgIpc) is 2.81. The minimum absolute atomic E-state index is 0.142. The highest BCUT2D eigenvalue weighted by atomic mass is 32.2. The van der Waals surface area contributed by atoms with E-state index in [0.29, 0.717) is 11.7 Å². The van der Waals surface area contributed by atoms with Crippen molar-refractivity contribution in [3.05, 3.63) is 18.3 Å². The van der Waals surface area contributed by atoms with Gasteiger partial charge < -0.3 is 10.1 Å². The number of rotatable bonds is 4. The highest BCUT2D eigenvalue weighted by Gasteiger charge is 2.24. The fourth-order valence-electron chi connectivity index (χ4n) is 2.08. The minimum Gasteiger partial charge on any atom is -0.381 e. The van der Waals surface area contributed by atoms with Crippen molar-refractivity contribution >= 4 is 15.7 Å². The summed E-state index contributed by atoms with van der Waals surface area (Å²) in [6, 6.07) is 3.34. The number of ether oxygens (including phenoxy) is 1. The van der Waals surface area contributed by atoms with Crippen LogP contribution in [0.15, 0.2) is 23.2 Å². The van der Waals surface area contributed by atoms with Gasteiger partial charge in [-0.15, -0.1) is 0 Å². The van der Waals surface area contributed by atoms with Gasteiger partial charge >= 0.3 is 0 Å². The number of hydrogen-bond acceptors (Lipinski definition) is 5. The molecule has 0 aliphatic carbocycles. The van der Waals surface area contributed by atoms with E-state index in [1.807, 2.05) is 6.92 Å². The van der Waals surface area contributed by atoms with Crippen LogP contribution in [0.4, 0.5) is 5.82 Å². The normalized spacial score (nSPS) is 21.8. The molecule has 1 fully saturated rings. The van der Waals surface area contributed by atoms with Crippen LogP contribution in [0.1, 0.15) is 13.3 Å². The molecule has 1 aromatic rings. The van der Waals surface area contributed by atoms with Crippen LogP contribution in [-0.2, 0) is 14.6 Å². The van der Waals surface area contributed by atoms with E-state index in [-0.39, 0.29) is 10.9 Å². The van der Waals surface area contributed by atoms with E-state index in [4.69, 9.17) is 4.74 Å². The Bertz CT molecular complexity index is 510. The fraction of sp³-hybridized carbons (Fsp3) is 0.583. The molecule has 0 saturated carbocycles. The molecule has 100 valence electrons. The van der Waals surface area contributed by atoms with Gasteiger partial charge in [0.25, 0.3) is 0 Å². The number of hydrogen-bond donors (Lipinski definition) is 1. The third-order valence-corrected chi connectivity index (χ3v) is 4.33. The number of pyridine rings is 1. The Labute approximate surface area is 107 Å². The first-order valence-electron chi connectivity index (χ1n) is 5.98. The zero-order chi connectivity index (χ0) is 13.2. The predicted molar refractivity (Wildman–Crippen MR) is 69.4 cm³/mol. The standard InChI is InChI=1S/C12H18N2O3S/c1-9(10-5-7-17-8-10)14-12-11(18(2,15)16)4-3-6-13-12/h3-4,6,9-10H,5,7-8H2,1-2H3,(H,13,14). The molecule has 1 aliphatic heterocycles. The van der Waals surface area contributed by atoms with Gasteiger partial charge in [-0.1, -0.05) is 0 Å². The predicted octanol–water partition coefficient (Wildman–Crippen LogP) is 1.32. The van der Waals surface area contributed by atoms with Crippen LogP contribution in [0.2, 0.25) is 0 Å². The number of aromatic nitrogens is 1. The van der Waals surface area contributed by atoms with Crippen molar-refractivity contribution in [2.75, 3.05) is 24.8 Å². The first-order chi connectivity index (χ1) is 8.48. The molecular formula is C12H18N2O3S. The molecule has 0 radical (unpaired) electrons. The molecule has 2 atom stereocenters. The summed E-state index contributed by atoms with van der Waals surface area (Å²) in [7, 11) is -3.26. The number of nitrogens with one attached hydrogen (secondary N) is 1. The first kappa shape index (κ1) is 13.3. The summed E-state index contributed by atoms with van der Waals surface area (Å²) in [5.41, 5.74) is 0. The molecule has 1 N–H and O–H groups in total. The lowest BCUT2D eigenvalue weighted by molar-refractivity contribution is 0.183. The van der Waals surface area contributed by atoms with Crippen LogP contribution < -0.4 is 5.32 Å². The SMILES string of the molecule is CC(Nc1ncccc1S(C)(=O)=O)C1CCOC1. The van der Waals surface area contributed by atoms with E-state index >= 15 is 0 Å². The van der Waals surface area contributed by atoms with Crippen molar-refractivity contribution in [1.82, 2.24) is 4.98 Å². The summed E-state index contributed by atoms with van der Waals surface area (Å²) >= 11 is 0. The van der Waals surface area contributed by atoms with Crippen LogP contribution in [0, 0.1) is 5.92 Å². The Morgan fingerprint density at radius 3 is 2.94 bits per heavy atom. The maximum Gasteiger partial charge on any atom is 0.179 e. The van der Waals surface area contributed by atoms with Gasteiger partial charge in [0.2, 0.25) is 0 Å². The lowest BCUT2D eigenvalue weighted by atomic mass is 10.0. The van der Waals surface area contributed by atoms with Crippen molar-refractivity contribution < 1.29 is 13.2 Å². The second kappa shape index (κ2) is 5.24. The third kappa shape index (κ3) is 3.00. The molecule has 18 heavy (non-hydrogen) atoms. The first-order valence-corrected chi connectivity index (χ1v) is 7.87. The summed E-state index contributed by atoms with van der Waals surface area (Å²) in [5.74, 6) is 0.832. The molecule has 1 saturated heterocycles. The largest absolute Gasteiger partial charge is 0.381 e. The molecule has 5 nitrogen and oxygen atoms in total. The Morgan fingerprint density at radius 1 is 1.56 bits per heavy atom. The zero-order valence-corrected chi connectivity index (χ0v) is 11.4. The van der Waals surface area contributed by atoms with Crippen LogP contribution in [0.3, 0.4) is 0 Å². The Hall–Kier alpha value is -1.14. The Balaban J connectivity index is 2.18. The van der Waals surface area contributed by atoms with E-state index in [0.717, 1.165) is 19.6 Å². The third-order valence-electron chi connectivity index (χ3n) is 3.21. The van der Waals surface area contributed by atoms with Gasteiger partial charge in [0, 0.05) is 31.0 Å². The zero-order valence-electron chi connectivity index (χ0n) is 10.6. The number of sulfone groups is 1. The molecule has 2 unspecified atom stereocenters. The molecule has 1 aromatic heterocycles. The highest BCUT2D eigenvalue weighted by Crippen LogP contribution is 2.23. The van der Waals surface area contributed by atoms with Crippen LogP contribution in [0.25, 0.3) is 0 Å². The Kier molecular flexibility index (Phi) is 3.87. The average molecular weight is 270 g/mol. The van der Waals surface area contributed by atoms with Gasteiger partial charge in [-0.05, 0) is 25.5 Å². The minimum atomic E-state index is -3.26. The van der Waals surface area contributed by atoms with Gasteiger partial charge in [0.1, 0.15) is 10.7 Å². The van der Waals surface area contributed by atoms with Crippen molar-refractivity contribution in [1.29, 1.82) is 0 Å². The van der Waals surface area contributed by atoms with Crippen molar-refractivity contribution in [2.45, 2.75) is 24.3 Å². The van der Waals surface area contributed by atoms with Crippen molar-refractivity contribution in [2.24, 2.45) is 5.92 Å². The molecule has 0 aromatic carbocycles. The fourth-order valence-corrected chi connectivity index (χ4v) is 2.87. The van der Waals surface area contributed by atoms with Crippen LogP contribution in [0.5, 0.6) is 0 Å². The maximum atomic E-state index is 11.7. The summed E-state index contributed by atoms with van der Waals surface area (Å²) in [5, 5.41) is 3.19. The maximum absolute atomic E-state index is 11.7. The quantitative estimate of drug-likeness (QED) is 0.893. The van der Waals surface area contributed by atoms with E-state index in [1.54, 1.807) is 18.3 Å². The lowest BCUT2D eigenvalue weighted by Gasteiger charge is -2.20. The molecule has 6 heteroatoms. The van der Waals surface area contributed by atoms with Gasteiger partial charge in [-0.3, -0.25) is 0 Å². The van der Waals surface area contributed by atoms with E-state index < -0.39 is 9.84 Å². The molecule has 0 amide bonds. The van der Waals surface area contributed by atoms with Gasteiger partial charge in [-0.25, -0.2) is 13.4 Å². The monoisotopic (exact) mass is 270 g/mol. The van der Waals surface area contributed by atoms with Crippen molar-refractivity contribution in [3.63, 3.8) is 0 Å². The van der Waals surface area contributed by atoms with Crippen LogP contribution >= 0.6 is 0 Å². The second-order valence-electron chi connectivity index (χ2n) is 4.68. The lowest BCUT2D eigenvalue weighted by Crippen LogP contribution is -2.27. The van der Waals surface area contributed by atoms with E-state index in [9.17, 15) is 8.42 Å². The molecular weight excluding hydrogens is 252 g/mol. The summed E-state index contributed by atoms with van der Waals surface area (Å²) in [6.07, 6.45) is 3.78. The second-order valence-corrected chi connectivity index (χ2v) is 6.66. The van der Waals surface area contributed by atoms with Gasteiger partial charge in [-0.2, -0.15) is 0 Å². The van der Waals surface area contributed by atoms with Gasteiger partial charge in [0.05, 0.1) is 6.61 Å². The smallest absolute Gasteiger partial charge is 0.179 e. The summed E-state index contributed by atoms with van der Waals surface area (Å²) < 4.78 is 28.6.